The number of carbonyl (C=O) groups excluding carboxylic acids is 3. The summed E-state index contributed by atoms with van der Waals surface area (Å²) in [6, 6.07) is 11.1. The van der Waals surface area contributed by atoms with Gasteiger partial charge in [0.2, 0.25) is 0 Å². The van der Waals surface area contributed by atoms with Crippen LogP contribution in [0.15, 0.2) is 42.5 Å². The van der Waals surface area contributed by atoms with Gasteiger partial charge in [0.25, 0.3) is 5.91 Å². The Balaban J connectivity index is 1.57. The van der Waals surface area contributed by atoms with Gasteiger partial charge in [0, 0.05) is 31.2 Å². The maximum Gasteiger partial charge on any atom is 0.321 e. The van der Waals surface area contributed by atoms with E-state index in [1.54, 1.807) is 68.4 Å². The lowest BCUT2D eigenvalue weighted by atomic mass is 9.96. The number of benzene rings is 2. The molecule has 5 amide bonds. The highest BCUT2D eigenvalue weighted by molar-refractivity contribution is 6.01. The number of aliphatic hydroxyl groups excluding tert-OH is 1. The number of hydrogen-bond acceptors (Lipinski definition) is 6. The third kappa shape index (κ3) is 7.64. The van der Waals surface area contributed by atoms with Crippen molar-refractivity contribution in [2.24, 2.45) is 5.92 Å². The van der Waals surface area contributed by atoms with Crippen LogP contribution in [0.1, 0.15) is 56.3 Å². The largest absolute Gasteiger partial charge is 0.497 e. The number of likely N-dealkylation sites (N-methyl/N-ethyl adjacent to an activating group) is 1. The highest BCUT2D eigenvalue weighted by Gasteiger charge is 2.35. The molecule has 0 unspecified atom stereocenters. The topological polar surface area (TPSA) is 132 Å². The van der Waals surface area contributed by atoms with E-state index in [0.29, 0.717) is 23.7 Å². The number of para-hydroxylation sites is 1. The number of anilines is 2. The standard InChI is InChI=1S/C31H43N5O6/c1-20-17-36(21(2)19-37)29(38)25-11-8-12-26(34-30(39)32-22-9-6-5-7-10-22)28(25)42-27(20)18-35(3)31(40)33-23-13-15-24(41-4)16-14-23/h8,11-16,20-22,27,37H,5-7,9-10,17-19H2,1-4H3,(H,33,40)(H2,32,34,39)/t20-,21-,27-/m1/s1. The second kappa shape index (κ2) is 14.3. The summed E-state index contributed by atoms with van der Waals surface area (Å²) in [4.78, 5) is 42.9. The highest BCUT2D eigenvalue weighted by atomic mass is 16.5. The summed E-state index contributed by atoms with van der Waals surface area (Å²) < 4.78 is 11.7. The van der Waals surface area contributed by atoms with E-state index in [9.17, 15) is 19.5 Å². The van der Waals surface area contributed by atoms with Crippen molar-refractivity contribution in [3.05, 3.63) is 48.0 Å². The van der Waals surface area contributed by atoms with Crippen molar-refractivity contribution >= 4 is 29.3 Å². The average molecular weight is 582 g/mol. The number of fused-ring (bicyclic) bond motifs is 1. The molecule has 2 aromatic rings. The number of nitrogens with one attached hydrogen (secondary N) is 3. The highest BCUT2D eigenvalue weighted by Crippen LogP contribution is 2.35. The van der Waals surface area contributed by atoms with E-state index in [-0.39, 0.29) is 54.4 Å². The lowest BCUT2D eigenvalue weighted by Gasteiger charge is -2.38. The van der Waals surface area contributed by atoms with Crippen LogP contribution in [0.4, 0.5) is 21.0 Å². The van der Waals surface area contributed by atoms with Gasteiger partial charge in [-0.25, -0.2) is 9.59 Å². The first-order valence-electron chi connectivity index (χ1n) is 14.6. The van der Waals surface area contributed by atoms with E-state index in [4.69, 9.17) is 9.47 Å². The van der Waals surface area contributed by atoms with Gasteiger partial charge in [-0.05, 0) is 56.2 Å². The molecule has 3 atom stereocenters. The maximum absolute atomic E-state index is 13.7. The molecule has 2 aliphatic rings. The minimum absolute atomic E-state index is 0.110. The second-order valence-electron chi connectivity index (χ2n) is 11.3. The second-order valence-corrected chi connectivity index (χ2v) is 11.3. The fourth-order valence-corrected chi connectivity index (χ4v) is 5.40. The summed E-state index contributed by atoms with van der Waals surface area (Å²) in [5, 5.41) is 18.7. The predicted octanol–water partition coefficient (Wildman–Crippen LogP) is 4.53. The summed E-state index contributed by atoms with van der Waals surface area (Å²) in [5.41, 5.74) is 1.27. The first kappa shape index (κ1) is 31.0. The van der Waals surface area contributed by atoms with Crippen LogP contribution in [0.2, 0.25) is 0 Å². The molecule has 1 heterocycles. The summed E-state index contributed by atoms with van der Waals surface area (Å²) >= 11 is 0. The zero-order chi connectivity index (χ0) is 30.2. The molecule has 0 bridgehead atoms. The van der Waals surface area contributed by atoms with E-state index >= 15 is 0 Å². The Morgan fingerprint density at radius 1 is 1.12 bits per heavy atom. The van der Waals surface area contributed by atoms with E-state index in [2.05, 4.69) is 16.0 Å². The number of nitrogens with zero attached hydrogens (tertiary/aromatic N) is 2. The van der Waals surface area contributed by atoms with Crippen LogP contribution in [0.3, 0.4) is 0 Å². The molecule has 11 heteroatoms. The van der Waals surface area contributed by atoms with Crippen molar-refractivity contribution in [2.45, 2.75) is 64.1 Å². The van der Waals surface area contributed by atoms with Crippen LogP contribution in [0.25, 0.3) is 0 Å². The first-order chi connectivity index (χ1) is 20.2. The van der Waals surface area contributed by atoms with E-state index in [0.717, 1.165) is 25.7 Å². The van der Waals surface area contributed by atoms with Gasteiger partial charge in [-0.3, -0.25) is 4.79 Å². The molecule has 1 aliphatic carbocycles. The predicted molar refractivity (Wildman–Crippen MR) is 161 cm³/mol. The van der Waals surface area contributed by atoms with E-state index < -0.39 is 12.1 Å². The normalized spacial score (nSPS) is 19.8. The Morgan fingerprint density at radius 2 is 1.83 bits per heavy atom. The number of amides is 5. The minimum Gasteiger partial charge on any atom is -0.497 e. The molecule has 1 saturated carbocycles. The molecule has 11 nitrogen and oxygen atoms in total. The van der Waals surface area contributed by atoms with Crippen molar-refractivity contribution in [3.63, 3.8) is 0 Å². The molecule has 42 heavy (non-hydrogen) atoms. The molecule has 0 spiro atoms. The molecule has 1 aliphatic heterocycles. The molecule has 4 rings (SSSR count). The average Bonchev–Trinajstić information content (AvgIpc) is 2.99. The number of urea groups is 2. The van der Waals surface area contributed by atoms with Gasteiger partial charge in [0.05, 0.1) is 37.6 Å². The Labute approximate surface area is 247 Å². The molecular weight excluding hydrogens is 538 g/mol. The lowest BCUT2D eigenvalue weighted by molar-refractivity contribution is 0.0373. The Morgan fingerprint density at radius 3 is 2.50 bits per heavy atom. The lowest BCUT2D eigenvalue weighted by Crippen LogP contribution is -2.50. The summed E-state index contributed by atoms with van der Waals surface area (Å²) in [7, 11) is 3.26. The Hall–Kier alpha value is -3.99. The monoisotopic (exact) mass is 581 g/mol. The Kier molecular flexibility index (Phi) is 10.5. The van der Waals surface area contributed by atoms with Crippen LogP contribution in [-0.4, -0.2) is 84.9 Å². The minimum atomic E-state index is -0.527. The van der Waals surface area contributed by atoms with Gasteiger partial charge < -0.3 is 40.3 Å². The number of methoxy groups -OCH3 is 1. The quantitative estimate of drug-likeness (QED) is 0.362. The molecular formula is C31H43N5O6. The summed E-state index contributed by atoms with van der Waals surface area (Å²) in [6.45, 7) is 4.06. The molecule has 2 aromatic carbocycles. The van der Waals surface area contributed by atoms with Crippen LogP contribution in [0, 0.1) is 5.92 Å². The molecule has 1 fully saturated rings. The number of carbonyl (C=O) groups is 3. The zero-order valence-corrected chi connectivity index (χ0v) is 24.9. The van der Waals surface area contributed by atoms with E-state index in [1.807, 2.05) is 6.92 Å². The third-order valence-electron chi connectivity index (χ3n) is 8.02. The van der Waals surface area contributed by atoms with Gasteiger partial charge in [-0.1, -0.05) is 32.3 Å². The van der Waals surface area contributed by atoms with Crippen molar-refractivity contribution in [2.75, 3.05) is 44.5 Å². The Bertz CT molecular complexity index is 1230. The number of aliphatic hydroxyl groups is 1. The fraction of sp³-hybridized carbons (Fsp3) is 0.516. The van der Waals surface area contributed by atoms with Crippen LogP contribution in [-0.2, 0) is 0 Å². The molecule has 0 radical (unpaired) electrons. The number of hydrogen-bond donors (Lipinski definition) is 4. The van der Waals surface area contributed by atoms with Crippen LogP contribution < -0.4 is 25.4 Å². The van der Waals surface area contributed by atoms with Crippen molar-refractivity contribution < 1.29 is 29.0 Å². The number of rotatable bonds is 8. The van der Waals surface area contributed by atoms with E-state index in [1.165, 1.54) is 11.3 Å². The van der Waals surface area contributed by atoms with Gasteiger partial charge in [0.15, 0.2) is 5.75 Å². The summed E-state index contributed by atoms with van der Waals surface area (Å²) in [5.74, 6) is 0.428. The van der Waals surface area contributed by atoms with Gasteiger partial charge in [-0.2, -0.15) is 0 Å². The summed E-state index contributed by atoms with van der Waals surface area (Å²) in [6.07, 6.45) is 4.70. The molecule has 0 aromatic heterocycles. The molecule has 4 N–H and O–H groups in total. The molecule has 0 saturated heterocycles. The fourth-order valence-electron chi connectivity index (χ4n) is 5.40. The van der Waals surface area contributed by atoms with Crippen LogP contribution in [0.5, 0.6) is 11.5 Å². The number of ether oxygens (including phenoxy) is 2. The van der Waals surface area contributed by atoms with Crippen molar-refractivity contribution in [1.29, 1.82) is 0 Å². The van der Waals surface area contributed by atoms with Crippen molar-refractivity contribution in [3.8, 4) is 11.5 Å². The van der Waals surface area contributed by atoms with Gasteiger partial charge in [-0.15, -0.1) is 0 Å². The molecule has 228 valence electrons. The first-order valence-corrected chi connectivity index (χ1v) is 14.6. The van der Waals surface area contributed by atoms with Gasteiger partial charge in [0.1, 0.15) is 11.9 Å². The van der Waals surface area contributed by atoms with Crippen LogP contribution >= 0.6 is 0 Å². The van der Waals surface area contributed by atoms with Gasteiger partial charge >= 0.3 is 12.1 Å². The zero-order valence-electron chi connectivity index (χ0n) is 24.9. The third-order valence-corrected chi connectivity index (χ3v) is 8.02. The smallest absolute Gasteiger partial charge is 0.321 e. The SMILES string of the molecule is COc1ccc(NC(=O)N(C)C[C@H]2Oc3c(NC(=O)NC4CCCCC4)cccc3C(=O)N([C@H](C)CO)C[C@H]2C)cc1. The maximum atomic E-state index is 13.7. The van der Waals surface area contributed by atoms with Crippen molar-refractivity contribution in [1.82, 2.24) is 15.1 Å².